The van der Waals surface area contributed by atoms with Crippen molar-refractivity contribution in [2.24, 2.45) is 0 Å². The van der Waals surface area contributed by atoms with Gasteiger partial charge in [0.05, 0.1) is 9.54 Å². The number of hydrogen-bond donors (Lipinski definition) is 1. The first kappa shape index (κ1) is 14.2. The molecule has 0 radical (unpaired) electrons. The number of nitrogens with one attached hydrogen (secondary N) is 1. The van der Waals surface area contributed by atoms with Gasteiger partial charge in [0, 0.05) is 23.2 Å². The molecule has 0 spiro atoms. The zero-order valence-electron chi connectivity index (χ0n) is 9.53. The van der Waals surface area contributed by atoms with Crippen LogP contribution in [0.4, 0.5) is 0 Å². The third-order valence-electron chi connectivity index (χ3n) is 2.11. The fourth-order valence-electron chi connectivity index (χ4n) is 1.57. The molecule has 0 aliphatic heterocycles. The molecule has 0 saturated heterocycles. The van der Waals surface area contributed by atoms with E-state index >= 15 is 0 Å². The van der Waals surface area contributed by atoms with E-state index in [4.69, 9.17) is 0 Å². The topological polar surface area (TPSA) is 46.2 Å². The molecule has 2 unspecified atom stereocenters. The van der Waals surface area contributed by atoms with Crippen LogP contribution in [0.1, 0.15) is 24.8 Å². The van der Waals surface area contributed by atoms with Gasteiger partial charge in [-0.1, -0.05) is 0 Å². The van der Waals surface area contributed by atoms with Crippen LogP contribution < -0.4 is 5.32 Å². The number of hydrogen-bond acceptors (Lipinski definition) is 4. The molecule has 0 saturated carbocycles. The molecule has 0 aliphatic carbocycles. The minimum atomic E-state index is -2.91. The summed E-state index contributed by atoms with van der Waals surface area (Å²) in [5.41, 5.74) is 0. The normalized spacial score (nSPS) is 16.0. The Bertz CT molecular complexity index is 441. The van der Waals surface area contributed by atoms with Crippen molar-refractivity contribution >= 4 is 37.1 Å². The Labute approximate surface area is 109 Å². The molecule has 3 nitrogen and oxygen atoms in total. The van der Waals surface area contributed by atoms with Crippen molar-refractivity contribution in [1.82, 2.24) is 5.32 Å². The van der Waals surface area contributed by atoms with Gasteiger partial charge in [-0.3, -0.25) is 0 Å². The molecule has 1 rings (SSSR count). The summed E-state index contributed by atoms with van der Waals surface area (Å²) in [5, 5.41) is 3.28. The van der Waals surface area contributed by atoms with Crippen molar-refractivity contribution in [2.75, 3.05) is 12.0 Å². The predicted molar refractivity (Wildman–Crippen MR) is 72.7 cm³/mol. The lowest BCUT2D eigenvalue weighted by Crippen LogP contribution is -2.34. The highest BCUT2D eigenvalue weighted by molar-refractivity contribution is 9.11. The molecule has 0 aliphatic rings. The molecular formula is C10H16BrNO2S2. The third-order valence-corrected chi connectivity index (χ3v) is 5.02. The Hall–Kier alpha value is 0.0900. The van der Waals surface area contributed by atoms with E-state index in [-0.39, 0.29) is 17.8 Å². The Kier molecular flexibility index (Phi) is 4.97. The first-order valence-electron chi connectivity index (χ1n) is 4.97. The van der Waals surface area contributed by atoms with Crippen LogP contribution >= 0.6 is 27.3 Å². The van der Waals surface area contributed by atoms with Gasteiger partial charge in [0.2, 0.25) is 0 Å². The van der Waals surface area contributed by atoms with E-state index in [0.29, 0.717) is 0 Å². The summed E-state index contributed by atoms with van der Waals surface area (Å²) >= 11 is 5.07. The van der Waals surface area contributed by atoms with Crippen LogP contribution in [0.25, 0.3) is 0 Å². The van der Waals surface area contributed by atoms with E-state index in [1.165, 1.54) is 11.1 Å². The SMILES string of the molecule is CC(CS(C)(=O)=O)NC(C)c1ccc(Br)s1. The molecule has 0 bridgehead atoms. The lowest BCUT2D eigenvalue weighted by molar-refractivity contribution is 0.505. The first-order valence-corrected chi connectivity index (χ1v) is 8.64. The van der Waals surface area contributed by atoms with Crippen LogP contribution in [-0.4, -0.2) is 26.5 Å². The molecular weight excluding hydrogens is 310 g/mol. The molecule has 92 valence electrons. The van der Waals surface area contributed by atoms with Gasteiger partial charge in [-0.15, -0.1) is 11.3 Å². The average molecular weight is 326 g/mol. The van der Waals surface area contributed by atoms with Crippen molar-refractivity contribution in [3.8, 4) is 0 Å². The number of rotatable bonds is 5. The van der Waals surface area contributed by atoms with Gasteiger partial charge in [-0.25, -0.2) is 8.42 Å². The molecule has 1 aromatic rings. The van der Waals surface area contributed by atoms with Crippen LogP contribution in [0, 0.1) is 0 Å². The summed E-state index contributed by atoms with van der Waals surface area (Å²) in [5.74, 6) is 0.171. The molecule has 6 heteroatoms. The Morgan fingerprint density at radius 3 is 2.50 bits per heavy atom. The van der Waals surface area contributed by atoms with Crippen LogP contribution in [0.5, 0.6) is 0 Å². The van der Waals surface area contributed by atoms with E-state index in [9.17, 15) is 8.42 Å². The summed E-state index contributed by atoms with van der Waals surface area (Å²) in [4.78, 5) is 1.20. The van der Waals surface area contributed by atoms with Gasteiger partial charge in [0.15, 0.2) is 0 Å². The molecule has 0 fully saturated rings. The summed E-state index contributed by atoms with van der Waals surface area (Å²) in [6.07, 6.45) is 1.26. The zero-order valence-corrected chi connectivity index (χ0v) is 12.7. The fraction of sp³-hybridized carbons (Fsp3) is 0.600. The molecule has 1 heterocycles. The van der Waals surface area contributed by atoms with Crippen molar-refractivity contribution < 1.29 is 8.42 Å². The summed E-state index contributed by atoms with van der Waals surface area (Å²) in [7, 11) is -2.91. The Morgan fingerprint density at radius 1 is 1.44 bits per heavy atom. The average Bonchev–Trinajstić information content (AvgIpc) is 2.47. The largest absolute Gasteiger partial charge is 0.306 e. The monoisotopic (exact) mass is 325 g/mol. The van der Waals surface area contributed by atoms with E-state index < -0.39 is 9.84 Å². The second-order valence-corrected chi connectivity index (χ2v) is 8.70. The van der Waals surface area contributed by atoms with Crippen molar-refractivity contribution in [3.05, 3.63) is 20.8 Å². The van der Waals surface area contributed by atoms with Gasteiger partial charge >= 0.3 is 0 Å². The molecule has 1 N–H and O–H groups in total. The van der Waals surface area contributed by atoms with Crippen molar-refractivity contribution in [1.29, 1.82) is 0 Å². The summed E-state index contributed by atoms with van der Waals surface area (Å²) in [6, 6.07) is 4.18. The van der Waals surface area contributed by atoms with E-state index in [0.717, 1.165) is 3.79 Å². The minimum Gasteiger partial charge on any atom is -0.306 e. The van der Waals surface area contributed by atoms with Gasteiger partial charge in [0.25, 0.3) is 0 Å². The predicted octanol–water partition coefficient (Wildman–Crippen LogP) is 2.59. The van der Waals surface area contributed by atoms with Crippen LogP contribution in [0.2, 0.25) is 0 Å². The van der Waals surface area contributed by atoms with E-state index in [1.54, 1.807) is 11.3 Å². The molecule has 0 amide bonds. The van der Waals surface area contributed by atoms with Gasteiger partial charge < -0.3 is 5.32 Å². The van der Waals surface area contributed by atoms with Crippen LogP contribution in [0.3, 0.4) is 0 Å². The van der Waals surface area contributed by atoms with Crippen LogP contribution in [-0.2, 0) is 9.84 Å². The molecule has 16 heavy (non-hydrogen) atoms. The van der Waals surface area contributed by atoms with E-state index in [1.807, 2.05) is 26.0 Å². The second-order valence-electron chi connectivity index (χ2n) is 4.02. The third kappa shape index (κ3) is 4.95. The van der Waals surface area contributed by atoms with Crippen molar-refractivity contribution in [3.63, 3.8) is 0 Å². The van der Waals surface area contributed by atoms with Gasteiger partial charge in [0.1, 0.15) is 9.84 Å². The highest BCUT2D eigenvalue weighted by Gasteiger charge is 2.14. The van der Waals surface area contributed by atoms with Crippen molar-refractivity contribution in [2.45, 2.75) is 25.9 Å². The minimum absolute atomic E-state index is 0.0362. The Morgan fingerprint density at radius 2 is 2.06 bits per heavy atom. The van der Waals surface area contributed by atoms with Gasteiger partial charge in [-0.05, 0) is 41.9 Å². The zero-order chi connectivity index (χ0) is 12.3. The molecule has 0 aromatic carbocycles. The Balaban J connectivity index is 2.55. The maximum atomic E-state index is 11.1. The molecule has 2 atom stereocenters. The standard InChI is InChI=1S/C10H16BrNO2S2/c1-7(6-16(3,13)14)12-8(2)9-4-5-10(11)15-9/h4-5,7-8,12H,6H2,1-3H3. The van der Waals surface area contributed by atoms with E-state index in [2.05, 4.69) is 21.2 Å². The molecule has 1 aromatic heterocycles. The van der Waals surface area contributed by atoms with Gasteiger partial charge in [-0.2, -0.15) is 0 Å². The number of thiophene rings is 1. The quantitative estimate of drug-likeness (QED) is 0.905. The highest BCUT2D eigenvalue weighted by atomic mass is 79.9. The second kappa shape index (κ2) is 5.62. The highest BCUT2D eigenvalue weighted by Crippen LogP contribution is 2.27. The lowest BCUT2D eigenvalue weighted by Gasteiger charge is -2.18. The fourth-order valence-corrected chi connectivity index (χ4v) is 4.01. The number of sulfone groups is 1. The lowest BCUT2D eigenvalue weighted by atomic mass is 10.2. The maximum Gasteiger partial charge on any atom is 0.148 e. The first-order chi connectivity index (χ1) is 7.28. The smallest absolute Gasteiger partial charge is 0.148 e. The number of halogens is 1. The summed E-state index contributed by atoms with van der Waals surface area (Å²) in [6.45, 7) is 3.93. The maximum absolute atomic E-state index is 11.1. The van der Waals surface area contributed by atoms with Crippen LogP contribution in [0.15, 0.2) is 15.9 Å². The summed E-state index contributed by atoms with van der Waals surface area (Å²) < 4.78 is 23.3.